The van der Waals surface area contributed by atoms with E-state index in [9.17, 15) is 13.2 Å². The molecule has 10 heteroatoms. The van der Waals surface area contributed by atoms with E-state index in [2.05, 4.69) is 15.1 Å². The molecule has 1 aromatic carbocycles. The minimum absolute atomic E-state index is 0.229. The molecule has 1 fully saturated rings. The van der Waals surface area contributed by atoms with E-state index in [1.165, 1.54) is 20.6 Å². The normalized spacial score (nSPS) is 15.4. The van der Waals surface area contributed by atoms with E-state index in [0.29, 0.717) is 33.9 Å². The number of nitrogens with zero attached hydrogens (tertiary/aromatic N) is 4. The Hall–Kier alpha value is -2.88. The summed E-state index contributed by atoms with van der Waals surface area (Å²) in [5.74, 6) is 1.04. The number of anilines is 1. The Morgan fingerprint density at radius 1 is 1.23 bits per heavy atom. The second-order valence-corrected chi connectivity index (χ2v) is 10.1. The molecule has 0 amide bonds. The lowest BCUT2D eigenvalue weighted by molar-refractivity contribution is 0.416. The third kappa shape index (κ3) is 3.91. The van der Waals surface area contributed by atoms with Crippen molar-refractivity contribution in [2.45, 2.75) is 38.0 Å². The van der Waals surface area contributed by atoms with E-state index >= 15 is 0 Å². The molecule has 1 aliphatic rings. The van der Waals surface area contributed by atoms with Gasteiger partial charge in [0.15, 0.2) is 5.65 Å². The number of benzene rings is 1. The quantitative estimate of drug-likeness (QED) is 0.647. The summed E-state index contributed by atoms with van der Waals surface area (Å²) < 4.78 is 32.0. The van der Waals surface area contributed by atoms with Gasteiger partial charge in [-0.25, -0.2) is 18.1 Å². The third-order valence-electron chi connectivity index (χ3n) is 6.01. The number of nitrogens with one attached hydrogen (secondary N) is 1. The van der Waals surface area contributed by atoms with Gasteiger partial charge in [0.05, 0.1) is 30.3 Å². The van der Waals surface area contributed by atoms with Crippen LogP contribution in [-0.4, -0.2) is 48.6 Å². The van der Waals surface area contributed by atoms with Crippen LogP contribution in [0, 0.1) is 0 Å². The van der Waals surface area contributed by atoms with Gasteiger partial charge < -0.3 is 9.72 Å². The van der Waals surface area contributed by atoms with Gasteiger partial charge in [0, 0.05) is 26.1 Å². The molecule has 0 spiro atoms. The summed E-state index contributed by atoms with van der Waals surface area (Å²) in [7, 11) is 1.34. The lowest BCUT2D eigenvalue weighted by Crippen LogP contribution is -2.24. The average molecular weight is 446 g/mol. The van der Waals surface area contributed by atoms with Crippen LogP contribution in [-0.2, 0) is 17.1 Å². The smallest absolute Gasteiger partial charge is 0.262 e. The van der Waals surface area contributed by atoms with Crippen LogP contribution in [0.3, 0.4) is 0 Å². The minimum Gasteiger partial charge on any atom is -0.496 e. The molecule has 0 unspecified atom stereocenters. The zero-order valence-electron chi connectivity index (χ0n) is 18.2. The molecule has 4 rings (SSSR count). The Labute approximate surface area is 181 Å². The first kappa shape index (κ1) is 21.4. The summed E-state index contributed by atoms with van der Waals surface area (Å²) in [5.41, 5.74) is 2.14. The van der Waals surface area contributed by atoms with Gasteiger partial charge in [0.1, 0.15) is 17.0 Å². The maximum Gasteiger partial charge on any atom is 0.262 e. The molecule has 0 radical (unpaired) electrons. The lowest BCUT2D eigenvalue weighted by atomic mass is 9.86. The Bertz CT molecular complexity index is 1290. The first-order chi connectivity index (χ1) is 14.7. The predicted molar refractivity (Wildman–Crippen MR) is 120 cm³/mol. The van der Waals surface area contributed by atoms with Gasteiger partial charge in [-0.3, -0.25) is 9.10 Å². The van der Waals surface area contributed by atoms with E-state index < -0.39 is 10.0 Å². The number of rotatable bonds is 5. The van der Waals surface area contributed by atoms with Crippen molar-refractivity contribution in [2.75, 3.05) is 24.7 Å². The van der Waals surface area contributed by atoms with Crippen molar-refractivity contribution in [1.82, 2.24) is 19.7 Å². The van der Waals surface area contributed by atoms with E-state index in [4.69, 9.17) is 4.74 Å². The SMILES string of the molecule is COc1cc(N(C)S(C)(=O)=O)ccc1-c1nc2c(c(C3CCCCC3)nn2C)c(=O)[nH]1. The van der Waals surface area contributed by atoms with Crippen LogP contribution in [0.4, 0.5) is 5.69 Å². The number of aromatic nitrogens is 4. The molecule has 3 aromatic rings. The van der Waals surface area contributed by atoms with E-state index in [0.717, 1.165) is 41.9 Å². The highest BCUT2D eigenvalue weighted by molar-refractivity contribution is 7.92. The van der Waals surface area contributed by atoms with Gasteiger partial charge >= 0.3 is 0 Å². The van der Waals surface area contributed by atoms with Crippen molar-refractivity contribution in [3.05, 3.63) is 34.2 Å². The highest BCUT2D eigenvalue weighted by Gasteiger charge is 2.25. The van der Waals surface area contributed by atoms with Crippen molar-refractivity contribution in [2.24, 2.45) is 7.05 Å². The minimum atomic E-state index is -3.41. The molecule has 9 nitrogen and oxygen atoms in total. The third-order valence-corrected chi connectivity index (χ3v) is 7.22. The summed E-state index contributed by atoms with van der Waals surface area (Å²) in [5, 5.41) is 5.19. The van der Waals surface area contributed by atoms with Crippen LogP contribution in [0.25, 0.3) is 22.4 Å². The Balaban J connectivity index is 1.82. The second-order valence-electron chi connectivity index (χ2n) is 8.07. The lowest BCUT2D eigenvalue weighted by Gasteiger charge is -2.19. The van der Waals surface area contributed by atoms with Gasteiger partial charge in [-0.15, -0.1) is 0 Å². The summed E-state index contributed by atoms with van der Waals surface area (Å²) in [6.45, 7) is 0. The summed E-state index contributed by atoms with van der Waals surface area (Å²) in [4.78, 5) is 20.6. The number of sulfonamides is 1. The first-order valence-electron chi connectivity index (χ1n) is 10.3. The molecule has 1 N–H and O–H groups in total. The zero-order chi connectivity index (χ0) is 22.3. The van der Waals surface area contributed by atoms with E-state index in [1.54, 1.807) is 29.9 Å². The van der Waals surface area contributed by atoms with E-state index in [-0.39, 0.29) is 11.5 Å². The molecule has 166 valence electrons. The second kappa shape index (κ2) is 7.99. The van der Waals surface area contributed by atoms with Crippen LogP contribution in [0.1, 0.15) is 43.7 Å². The molecule has 31 heavy (non-hydrogen) atoms. The molecule has 0 aliphatic heterocycles. The number of aryl methyl sites for hydroxylation is 1. The number of H-pyrrole nitrogens is 1. The summed E-state index contributed by atoms with van der Waals surface area (Å²) >= 11 is 0. The highest BCUT2D eigenvalue weighted by Crippen LogP contribution is 2.36. The van der Waals surface area contributed by atoms with Crippen molar-refractivity contribution < 1.29 is 13.2 Å². The largest absolute Gasteiger partial charge is 0.496 e. The predicted octanol–water partition coefficient (Wildman–Crippen LogP) is 2.78. The maximum atomic E-state index is 13.1. The van der Waals surface area contributed by atoms with Crippen molar-refractivity contribution in [1.29, 1.82) is 0 Å². The van der Waals surface area contributed by atoms with Gasteiger partial charge in [-0.1, -0.05) is 19.3 Å². The zero-order valence-corrected chi connectivity index (χ0v) is 19.0. The van der Waals surface area contributed by atoms with Crippen LogP contribution < -0.4 is 14.6 Å². The Morgan fingerprint density at radius 3 is 2.58 bits per heavy atom. The van der Waals surface area contributed by atoms with Gasteiger partial charge in [0.25, 0.3) is 5.56 Å². The first-order valence-corrected chi connectivity index (χ1v) is 12.1. The average Bonchev–Trinajstić information content (AvgIpc) is 3.09. The maximum absolute atomic E-state index is 13.1. The number of ether oxygens (including phenoxy) is 1. The molecule has 0 bridgehead atoms. The van der Waals surface area contributed by atoms with Crippen LogP contribution >= 0.6 is 0 Å². The number of hydrogen-bond acceptors (Lipinski definition) is 6. The fourth-order valence-electron chi connectivity index (χ4n) is 4.24. The molecule has 1 aliphatic carbocycles. The molecule has 2 aromatic heterocycles. The molecule has 2 heterocycles. The fraction of sp³-hybridized carbons (Fsp3) is 0.476. The fourth-order valence-corrected chi connectivity index (χ4v) is 4.73. The van der Waals surface area contributed by atoms with Gasteiger partial charge in [-0.2, -0.15) is 5.10 Å². The number of methoxy groups -OCH3 is 1. The Kier molecular flexibility index (Phi) is 5.50. The topological polar surface area (TPSA) is 110 Å². The van der Waals surface area contributed by atoms with E-state index in [1.807, 2.05) is 0 Å². The van der Waals surface area contributed by atoms with Gasteiger partial charge in [0.2, 0.25) is 10.0 Å². The number of hydrogen-bond donors (Lipinski definition) is 1. The van der Waals surface area contributed by atoms with Crippen LogP contribution in [0.5, 0.6) is 5.75 Å². The number of fused-ring (bicyclic) bond motifs is 1. The van der Waals surface area contributed by atoms with Crippen molar-refractivity contribution >= 4 is 26.7 Å². The molecule has 0 saturated heterocycles. The molecule has 1 saturated carbocycles. The van der Waals surface area contributed by atoms with Gasteiger partial charge in [-0.05, 0) is 25.0 Å². The Morgan fingerprint density at radius 2 is 1.94 bits per heavy atom. The van der Waals surface area contributed by atoms with Crippen LogP contribution in [0.2, 0.25) is 0 Å². The molecular formula is C21H27N5O4S. The summed E-state index contributed by atoms with van der Waals surface area (Å²) in [6.07, 6.45) is 6.74. The highest BCUT2D eigenvalue weighted by atomic mass is 32.2. The van der Waals surface area contributed by atoms with Crippen LogP contribution in [0.15, 0.2) is 23.0 Å². The standard InChI is InChI=1S/C21H27N5O4S/c1-25-20-17(18(24-25)13-8-6-5-7-9-13)21(27)23-19(22-20)15-11-10-14(12-16(15)30-3)26(2)31(4,28)29/h10-13H,5-9H2,1-4H3,(H,22,23,27). The molecule has 0 atom stereocenters. The molecular weight excluding hydrogens is 418 g/mol. The monoisotopic (exact) mass is 445 g/mol. The van der Waals surface area contributed by atoms with Crippen molar-refractivity contribution in [3.8, 4) is 17.1 Å². The van der Waals surface area contributed by atoms with Crippen molar-refractivity contribution in [3.63, 3.8) is 0 Å². The number of aromatic amines is 1. The summed E-state index contributed by atoms with van der Waals surface area (Å²) in [6, 6.07) is 4.95.